The SMILES string of the molecule is CSc1ncc(C(=O)Nc2ccc(F)cc2F)c(C)n1. The zero-order chi connectivity index (χ0) is 14.7. The van der Waals surface area contributed by atoms with Gasteiger partial charge in [0.15, 0.2) is 5.16 Å². The first-order valence-electron chi connectivity index (χ1n) is 5.65. The number of rotatable bonds is 3. The number of aryl methyl sites for hydroxylation is 1. The average Bonchev–Trinajstić information content (AvgIpc) is 2.41. The summed E-state index contributed by atoms with van der Waals surface area (Å²) < 4.78 is 26.2. The lowest BCUT2D eigenvalue weighted by Crippen LogP contribution is -2.15. The molecule has 1 N–H and O–H groups in total. The highest BCUT2D eigenvalue weighted by molar-refractivity contribution is 7.98. The first-order valence-corrected chi connectivity index (χ1v) is 6.87. The lowest BCUT2D eigenvalue weighted by Gasteiger charge is -2.08. The molecule has 0 bridgehead atoms. The summed E-state index contributed by atoms with van der Waals surface area (Å²) in [6.07, 6.45) is 3.20. The fourth-order valence-corrected chi connectivity index (χ4v) is 1.93. The van der Waals surface area contributed by atoms with Gasteiger partial charge in [0.05, 0.1) is 16.9 Å². The van der Waals surface area contributed by atoms with E-state index in [1.807, 2.05) is 6.26 Å². The molecule has 2 aromatic rings. The van der Waals surface area contributed by atoms with Gasteiger partial charge in [0.25, 0.3) is 5.91 Å². The van der Waals surface area contributed by atoms with Crippen LogP contribution in [0.1, 0.15) is 16.1 Å². The van der Waals surface area contributed by atoms with Crippen molar-refractivity contribution < 1.29 is 13.6 Å². The molecular formula is C13H11F2N3OS. The Hall–Kier alpha value is -2.02. The third kappa shape index (κ3) is 3.11. The molecule has 1 amide bonds. The van der Waals surface area contributed by atoms with Gasteiger partial charge in [-0.1, -0.05) is 11.8 Å². The summed E-state index contributed by atoms with van der Waals surface area (Å²) in [6, 6.07) is 2.93. The molecule has 104 valence electrons. The monoisotopic (exact) mass is 295 g/mol. The van der Waals surface area contributed by atoms with E-state index in [1.165, 1.54) is 18.0 Å². The van der Waals surface area contributed by atoms with Crippen LogP contribution in [0.5, 0.6) is 0 Å². The van der Waals surface area contributed by atoms with Crippen molar-refractivity contribution in [1.29, 1.82) is 0 Å². The first-order chi connectivity index (χ1) is 9.51. The van der Waals surface area contributed by atoms with Crippen LogP contribution in [0, 0.1) is 18.6 Å². The highest BCUT2D eigenvalue weighted by Gasteiger charge is 2.14. The molecule has 0 spiro atoms. The Morgan fingerprint density at radius 1 is 1.35 bits per heavy atom. The van der Waals surface area contributed by atoms with Crippen molar-refractivity contribution in [1.82, 2.24) is 9.97 Å². The molecule has 0 radical (unpaired) electrons. The minimum Gasteiger partial charge on any atom is -0.319 e. The zero-order valence-corrected chi connectivity index (χ0v) is 11.6. The molecule has 1 aromatic heterocycles. The van der Waals surface area contributed by atoms with Crippen LogP contribution in [0.3, 0.4) is 0 Å². The van der Waals surface area contributed by atoms with Gasteiger partial charge in [0.1, 0.15) is 11.6 Å². The summed E-state index contributed by atoms with van der Waals surface area (Å²) in [5.41, 5.74) is 0.639. The number of nitrogens with one attached hydrogen (secondary N) is 1. The van der Waals surface area contributed by atoms with Crippen LogP contribution >= 0.6 is 11.8 Å². The number of hydrogen-bond donors (Lipinski definition) is 1. The zero-order valence-electron chi connectivity index (χ0n) is 10.8. The van der Waals surface area contributed by atoms with Gasteiger partial charge in [-0.05, 0) is 25.3 Å². The predicted octanol–water partition coefficient (Wildman–Crippen LogP) is 3.04. The second-order valence-electron chi connectivity index (χ2n) is 3.93. The average molecular weight is 295 g/mol. The van der Waals surface area contributed by atoms with Gasteiger partial charge >= 0.3 is 0 Å². The van der Waals surface area contributed by atoms with E-state index in [0.29, 0.717) is 16.9 Å². The maximum absolute atomic E-state index is 13.5. The molecule has 1 heterocycles. The fraction of sp³-hybridized carbons (Fsp3) is 0.154. The van der Waals surface area contributed by atoms with Crippen molar-refractivity contribution >= 4 is 23.4 Å². The van der Waals surface area contributed by atoms with Gasteiger partial charge in [-0.15, -0.1) is 0 Å². The molecule has 2 rings (SSSR count). The summed E-state index contributed by atoms with van der Waals surface area (Å²) in [6.45, 7) is 1.66. The van der Waals surface area contributed by atoms with Gasteiger partial charge in [0, 0.05) is 12.3 Å². The molecule has 0 saturated carbocycles. The lowest BCUT2D eigenvalue weighted by molar-refractivity contribution is 0.102. The predicted molar refractivity (Wildman–Crippen MR) is 72.9 cm³/mol. The van der Waals surface area contributed by atoms with Crippen LogP contribution in [-0.4, -0.2) is 22.1 Å². The van der Waals surface area contributed by atoms with E-state index in [-0.39, 0.29) is 11.3 Å². The van der Waals surface area contributed by atoms with Crippen LogP contribution < -0.4 is 5.32 Å². The third-order valence-electron chi connectivity index (χ3n) is 2.56. The molecule has 7 heteroatoms. The number of halogens is 2. The summed E-state index contributed by atoms with van der Waals surface area (Å²) in [4.78, 5) is 20.1. The van der Waals surface area contributed by atoms with Gasteiger partial charge < -0.3 is 5.32 Å². The Morgan fingerprint density at radius 3 is 2.70 bits per heavy atom. The molecule has 0 aliphatic carbocycles. The molecule has 1 aromatic carbocycles. The number of carbonyl (C=O) groups is 1. The maximum Gasteiger partial charge on any atom is 0.259 e. The van der Waals surface area contributed by atoms with Crippen LogP contribution in [0.25, 0.3) is 0 Å². The molecule has 0 saturated heterocycles. The topological polar surface area (TPSA) is 54.9 Å². The number of aromatic nitrogens is 2. The van der Waals surface area contributed by atoms with Crippen molar-refractivity contribution in [3.8, 4) is 0 Å². The number of benzene rings is 1. The molecule has 0 unspecified atom stereocenters. The van der Waals surface area contributed by atoms with E-state index >= 15 is 0 Å². The van der Waals surface area contributed by atoms with E-state index in [2.05, 4.69) is 15.3 Å². The summed E-state index contributed by atoms with van der Waals surface area (Å²) in [7, 11) is 0. The van der Waals surface area contributed by atoms with Gasteiger partial charge in [-0.25, -0.2) is 18.7 Å². The number of thioether (sulfide) groups is 1. The van der Waals surface area contributed by atoms with Crippen molar-refractivity contribution in [3.05, 3.63) is 47.3 Å². The first kappa shape index (κ1) is 14.4. The Labute approximate surface area is 118 Å². The summed E-state index contributed by atoms with van der Waals surface area (Å²) >= 11 is 1.36. The summed E-state index contributed by atoms with van der Waals surface area (Å²) in [5, 5.41) is 2.91. The second-order valence-corrected chi connectivity index (χ2v) is 4.71. The van der Waals surface area contributed by atoms with Crippen molar-refractivity contribution in [2.24, 2.45) is 0 Å². The van der Waals surface area contributed by atoms with Crippen LogP contribution in [0.4, 0.5) is 14.5 Å². The molecular weight excluding hydrogens is 284 g/mol. The number of nitrogens with zero attached hydrogens (tertiary/aromatic N) is 2. The van der Waals surface area contributed by atoms with E-state index in [0.717, 1.165) is 12.1 Å². The Morgan fingerprint density at radius 2 is 2.10 bits per heavy atom. The lowest BCUT2D eigenvalue weighted by atomic mass is 10.2. The quantitative estimate of drug-likeness (QED) is 0.698. The maximum atomic E-state index is 13.5. The van der Waals surface area contributed by atoms with Gasteiger partial charge in [0.2, 0.25) is 0 Å². The van der Waals surface area contributed by atoms with Crippen LogP contribution in [0.2, 0.25) is 0 Å². The molecule has 0 fully saturated rings. The Balaban J connectivity index is 2.24. The minimum atomic E-state index is -0.836. The number of anilines is 1. The second kappa shape index (κ2) is 5.96. The summed E-state index contributed by atoms with van der Waals surface area (Å²) in [5.74, 6) is -2.08. The van der Waals surface area contributed by atoms with Crippen molar-refractivity contribution in [2.75, 3.05) is 11.6 Å². The molecule has 0 aliphatic heterocycles. The highest BCUT2D eigenvalue weighted by Crippen LogP contribution is 2.17. The molecule has 4 nitrogen and oxygen atoms in total. The number of hydrogen-bond acceptors (Lipinski definition) is 4. The Bertz CT molecular complexity index is 664. The van der Waals surface area contributed by atoms with Gasteiger partial charge in [-0.3, -0.25) is 4.79 Å². The smallest absolute Gasteiger partial charge is 0.259 e. The van der Waals surface area contributed by atoms with Crippen molar-refractivity contribution in [3.63, 3.8) is 0 Å². The van der Waals surface area contributed by atoms with E-state index in [4.69, 9.17) is 0 Å². The van der Waals surface area contributed by atoms with Gasteiger partial charge in [-0.2, -0.15) is 0 Å². The number of carbonyl (C=O) groups excluding carboxylic acids is 1. The number of amides is 1. The minimum absolute atomic E-state index is 0.0928. The van der Waals surface area contributed by atoms with Crippen molar-refractivity contribution in [2.45, 2.75) is 12.1 Å². The van der Waals surface area contributed by atoms with Crippen LogP contribution in [0.15, 0.2) is 29.6 Å². The largest absolute Gasteiger partial charge is 0.319 e. The molecule has 0 atom stereocenters. The third-order valence-corrected chi connectivity index (χ3v) is 3.13. The fourth-order valence-electron chi connectivity index (χ4n) is 1.55. The molecule has 0 aliphatic rings. The molecule has 20 heavy (non-hydrogen) atoms. The van der Waals surface area contributed by atoms with E-state index < -0.39 is 17.5 Å². The Kier molecular flexibility index (Phi) is 4.29. The highest BCUT2D eigenvalue weighted by atomic mass is 32.2. The van der Waals surface area contributed by atoms with E-state index in [1.54, 1.807) is 6.92 Å². The standard InChI is InChI=1S/C13H11F2N3OS/c1-7-9(6-16-13(17-7)20-2)12(19)18-11-4-3-8(14)5-10(11)15/h3-6H,1-2H3,(H,18,19). The normalized spacial score (nSPS) is 10.4. The van der Waals surface area contributed by atoms with E-state index in [9.17, 15) is 13.6 Å². The van der Waals surface area contributed by atoms with Crippen LogP contribution in [-0.2, 0) is 0 Å².